The number of hydrogen-bond donors (Lipinski definition) is 1. The van der Waals surface area contributed by atoms with Gasteiger partial charge in [0.25, 0.3) is 0 Å². The molecule has 1 aromatic rings. The number of aryl methyl sites for hydroxylation is 1. The normalized spacial score (nSPS) is 16.8. The molecule has 0 amide bonds. The van der Waals surface area contributed by atoms with Crippen molar-refractivity contribution in [3.05, 3.63) is 23.8 Å². The Balaban J connectivity index is 2.06. The SMILES string of the molecule is CCOc1ccc(N(C)CC2(CO)CCC2)cc1C. The Morgan fingerprint density at radius 2 is 2.11 bits per heavy atom. The van der Waals surface area contributed by atoms with Crippen LogP contribution in [0.1, 0.15) is 31.7 Å². The fraction of sp³-hybridized carbons (Fsp3) is 0.625. The van der Waals surface area contributed by atoms with E-state index in [1.54, 1.807) is 0 Å². The Labute approximate surface area is 116 Å². The molecule has 0 aromatic heterocycles. The van der Waals surface area contributed by atoms with Crippen molar-refractivity contribution in [3.8, 4) is 5.75 Å². The first-order valence-corrected chi connectivity index (χ1v) is 7.16. The summed E-state index contributed by atoms with van der Waals surface area (Å²) in [5.41, 5.74) is 2.49. The smallest absolute Gasteiger partial charge is 0.122 e. The van der Waals surface area contributed by atoms with Gasteiger partial charge in [0.2, 0.25) is 0 Å². The molecule has 3 heteroatoms. The summed E-state index contributed by atoms with van der Waals surface area (Å²) in [7, 11) is 2.10. The topological polar surface area (TPSA) is 32.7 Å². The quantitative estimate of drug-likeness (QED) is 0.856. The molecule has 3 nitrogen and oxygen atoms in total. The maximum atomic E-state index is 9.55. The second kappa shape index (κ2) is 5.83. The van der Waals surface area contributed by atoms with Crippen LogP contribution in [-0.4, -0.2) is 31.9 Å². The number of aliphatic hydroxyl groups is 1. The van der Waals surface area contributed by atoms with E-state index in [9.17, 15) is 5.11 Å². The number of aliphatic hydroxyl groups excluding tert-OH is 1. The molecular weight excluding hydrogens is 238 g/mol. The van der Waals surface area contributed by atoms with Gasteiger partial charge in [-0.1, -0.05) is 6.42 Å². The molecule has 1 saturated carbocycles. The number of hydrogen-bond acceptors (Lipinski definition) is 3. The summed E-state index contributed by atoms with van der Waals surface area (Å²) in [5.74, 6) is 0.958. The van der Waals surface area contributed by atoms with Gasteiger partial charge in [-0.3, -0.25) is 0 Å². The first-order chi connectivity index (χ1) is 9.10. The number of anilines is 1. The van der Waals surface area contributed by atoms with Gasteiger partial charge in [-0.05, 0) is 50.5 Å². The zero-order chi connectivity index (χ0) is 13.9. The highest BCUT2D eigenvalue weighted by atomic mass is 16.5. The first-order valence-electron chi connectivity index (χ1n) is 7.16. The van der Waals surface area contributed by atoms with Crippen LogP contribution in [0.15, 0.2) is 18.2 Å². The Morgan fingerprint density at radius 3 is 2.58 bits per heavy atom. The molecule has 106 valence electrons. The molecule has 0 saturated heterocycles. The third-order valence-corrected chi connectivity index (χ3v) is 4.22. The first kappa shape index (κ1) is 14.2. The van der Waals surface area contributed by atoms with Crippen LogP contribution >= 0.6 is 0 Å². The zero-order valence-electron chi connectivity index (χ0n) is 12.3. The number of benzene rings is 1. The molecule has 1 aliphatic rings. The summed E-state index contributed by atoms with van der Waals surface area (Å²) < 4.78 is 5.57. The molecule has 1 aromatic carbocycles. The third-order valence-electron chi connectivity index (χ3n) is 4.22. The molecule has 0 atom stereocenters. The minimum Gasteiger partial charge on any atom is -0.494 e. The van der Waals surface area contributed by atoms with Gasteiger partial charge in [-0.15, -0.1) is 0 Å². The van der Waals surface area contributed by atoms with Gasteiger partial charge in [0.15, 0.2) is 0 Å². The van der Waals surface area contributed by atoms with Gasteiger partial charge in [0, 0.05) is 24.7 Å². The fourth-order valence-electron chi connectivity index (χ4n) is 2.83. The third kappa shape index (κ3) is 3.03. The van der Waals surface area contributed by atoms with Crippen molar-refractivity contribution in [2.45, 2.75) is 33.1 Å². The largest absolute Gasteiger partial charge is 0.494 e. The predicted molar refractivity (Wildman–Crippen MR) is 79.0 cm³/mol. The molecule has 1 aliphatic carbocycles. The molecule has 0 radical (unpaired) electrons. The van der Waals surface area contributed by atoms with Gasteiger partial charge in [0.1, 0.15) is 5.75 Å². The van der Waals surface area contributed by atoms with Crippen molar-refractivity contribution in [2.75, 3.05) is 31.7 Å². The average molecular weight is 263 g/mol. The van der Waals surface area contributed by atoms with Crippen molar-refractivity contribution in [1.29, 1.82) is 0 Å². The summed E-state index contributed by atoms with van der Waals surface area (Å²) in [6.45, 7) is 6.00. The van der Waals surface area contributed by atoms with Crippen LogP contribution in [0, 0.1) is 12.3 Å². The van der Waals surface area contributed by atoms with Crippen LogP contribution in [0.2, 0.25) is 0 Å². The molecule has 1 N–H and O–H groups in total. The predicted octanol–water partition coefficient (Wildman–Crippen LogP) is 2.99. The highest BCUT2D eigenvalue weighted by Crippen LogP contribution is 2.41. The van der Waals surface area contributed by atoms with Gasteiger partial charge >= 0.3 is 0 Å². The molecule has 2 rings (SSSR count). The Bertz CT molecular complexity index is 421. The van der Waals surface area contributed by atoms with Crippen LogP contribution < -0.4 is 9.64 Å². The highest BCUT2D eigenvalue weighted by Gasteiger charge is 2.37. The summed E-state index contributed by atoms with van der Waals surface area (Å²) >= 11 is 0. The lowest BCUT2D eigenvalue weighted by Gasteiger charge is -2.43. The van der Waals surface area contributed by atoms with E-state index in [0.717, 1.165) is 30.7 Å². The van der Waals surface area contributed by atoms with E-state index >= 15 is 0 Å². The van der Waals surface area contributed by atoms with E-state index in [1.807, 2.05) is 13.0 Å². The molecule has 19 heavy (non-hydrogen) atoms. The summed E-state index contributed by atoms with van der Waals surface area (Å²) in [5, 5.41) is 9.55. The van der Waals surface area contributed by atoms with Gasteiger partial charge in [0.05, 0.1) is 13.2 Å². The summed E-state index contributed by atoms with van der Waals surface area (Å²) in [6.07, 6.45) is 3.53. The van der Waals surface area contributed by atoms with E-state index in [-0.39, 0.29) is 5.41 Å². The van der Waals surface area contributed by atoms with Gasteiger partial charge in [-0.25, -0.2) is 0 Å². The molecule has 0 unspecified atom stereocenters. The van der Waals surface area contributed by atoms with Gasteiger partial charge < -0.3 is 14.7 Å². The van der Waals surface area contributed by atoms with Crippen molar-refractivity contribution in [2.24, 2.45) is 5.41 Å². The summed E-state index contributed by atoms with van der Waals surface area (Å²) in [6, 6.07) is 6.30. The van der Waals surface area contributed by atoms with Crippen molar-refractivity contribution >= 4 is 5.69 Å². The number of nitrogens with zero attached hydrogens (tertiary/aromatic N) is 1. The van der Waals surface area contributed by atoms with Crippen molar-refractivity contribution < 1.29 is 9.84 Å². The van der Waals surface area contributed by atoms with Crippen molar-refractivity contribution in [1.82, 2.24) is 0 Å². The van der Waals surface area contributed by atoms with Crippen LogP contribution in [0.5, 0.6) is 5.75 Å². The van der Waals surface area contributed by atoms with Crippen LogP contribution in [0.4, 0.5) is 5.69 Å². The molecule has 0 heterocycles. The minimum absolute atomic E-state index is 0.126. The Kier molecular flexibility index (Phi) is 4.35. The summed E-state index contributed by atoms with van der Waals surface area (Å²) in [4.78, 5) is 2.25. The van der Waals surface area contributed by atoms with E-state index in [0.29, 0.717) is 13.2 Å². The van der Waals surface area contributed by atoms with Crippen LogP contribution in [0.25, 0.3) is 0 Å². The van der Waals surface area contributed by atoms with Crippen LogP contribution in [0.3, 0.4) is 0 Å². The van der Waals surface area contributed by atoms with E-state index in [4.69, 9.17) is 4.74 Å². The Morgan fingerprint density at radius 1 is 1.37 bits per heavy atom. The second-order valence-corrected chi connectivity index (χ2v) is 5.75. The van der Waals surface area contributed by atoms with Gasteiger partial charge in [-0.2, -0.15) is 0 Å². The van der Waals surface area contributed by atoms with E-state index in [1.165, 1.54) is 12.1 Å². The zero-order valence-corrected chi connectivity index (χ0v) is 12.3. The Hall–Kier alpha value is -1.22. The lowest BCUT2D eigenvalue weighted by Crippen LogP contribution is -2.43. The average Bonchev–Trinajstić information content (AvgIpc) is 2.36. The molecular formula is C16H25NO2. The second-order valence-electron chi connectivity index (χ2n) is 5.75. The molecule has 0 spiro atoms. The molecule has 0 bridgehead atoms. The van der Waals surface area contributed by atoms with Crippen LogP contribution in [-0.2, 0) is 0 Å². The number of rotatable bonds is 6. The molecule has 0 aliphatic heterocycles. The lowest BCUT2D eigenvalue weighted by atomic mass is 9.69. The highest BCUT2D eigenvalue weighted by molar-refractivity contribution is 5.52. The standard InChI is InChI=1S/C16H25NO2/c1-4-19-15-7-6-14(10-13(15)2)17(3)11-16(12-18)8-5-9-16/h6-7,10,18H,4-5,8-9,11-12H2,1-3H3. The minimum atomic E-state index is 0.126. The maximum absolute atomic E-state index is 9.55. The van der Waals surface area contributed by atoms with E-state index in [2.05, 4.69) is 31.0 Å². The molecule has 1 fully saturated rings. The fourth-order valence-corrected chi connectivity index (χ4v) is 2.83. The van der Waals surface area contributed by atoms with E-state index < -0.39 is 0 Å². The monoisotopic (exact) mass is 263 g/mol. The number of ether oxygens (including phenoxy) is 1. The van der Waals surface area contributed by atoms with Crippen molar-refractivity contribution in [3.63, 3.8) is 0 Å². The maximum Gasteiger partial charge on any atom is 0.122 e. The lowest BCUT2D eigenvalue weighted by molar-refractivity contribution is 0.0524.